The second kappa shape index (κ2) is 3.48. The molecule has 1 aliphatic heterocycles. The van der Waals surface area contributed by atoms with Gasteiger partial charge in [-0.2, -0.15) is 0 Å². The number of aliphatic hydroxyl groups excluding tert-OH is 1. The highest BCUT2D eigenvalue weighted by Crippen LogP contribution is 2.54. The summed E-state index contributed by atoms with van der Waals surface area (Å²) in [4.78, 5) is 14.1. The minimum atomic E-state index is -0.175. The number of nitrogens with zero attached hydrogens (tertiary/aromatic N) is 1. The Bertz CT molecular complexity index is 261. The molecule has 0 radical (unpaired) electrons. The maximum absolute atomic E-state index is 12.1. The molecule has 0 aromatic carbocycles. The topological polar surface area (TPSA) is 40.5 Å². The Morgan fingerprint density at radius 2 is 1.67 bits per heavy atom. The molecule has 3 rings (SSSR count). The SMILES string of the molecule is O=C(C1CC2CC2C1)N1CCC(O)CC1. The molecule has 3 nitrogen and oxygen atoms in total. The van der Waals surface area contributed by atoms with Crippen molar-refractivity contribution in [2.45, 2.75) is 38.2 Å². The van der Waals surface area contributed by atoms with Crippen molar-refractivity contribution in [3.05, 3.63) is 0 Å². The number of rotatable bonds is 1. The van der Waals surface area contributed by atoms with Gasteiger partial charge in [-0.25, -0.2) is 0 Å². The van der Waals surface area contributed by atoms with Crippen LogP contribution in [0.3, 0.4) is 0 Å². The lowest BCUT2D eigenvalue weighted by molar-refractivity contribution is -0.137. The molecule has 15 heavy (non-hydrogen) atoms. The van der Waals surface area contributed by atoms with Gasteiger partial charge in [0.1, 0.15) is 0 Å². The molecule has 1 N–H and O–H groups in total. The normalized spacial score (nSPS) is 40.3. The molecule has 0 bridgehead atoms. The Morgan fingerprint density at radius 3 is 2.27 bits per heavy atom. The minimum absolute atomic E-state index is 0.175. The van der Waals surface area contributed by atoms with Gasteiger partial charge in [-0.3, -0.25) is 4.79 Å². The van der Waals surface area contributed by atoms with E-state index in [0.717, 1.165) is 50.6 Å². The fourth-order valence-electron chi connectivity index (χ4n) is 3.26. The molecule has 1 heterocycles. The van der Waals surface area contributed by atoms with Crippen LogP contribution in [0, 0.1) is 17.8 Å². The Kier molecular flexibility index (Phi) is 2.23. The van der Waals surface area contributed by atoms with Gasteiger partial charge in [0.25, 0.3) is 0 Å². The molecule has 2 unspecified atom stereocenters. The van der Waals surface area contributed by atoms with Crippen LogP contribution < -0.4 is 0 Å². The molecule has 3 aliphatic rings. The molecule has 1 amide bonds. The fraction of sp³-hybridized carbons (Fsp3) is 0.917. The lowest BCUT2D eigenvalue weighted by Crippen LogP contribution is -2.42. The molecule has 0 aromatic heterocycles. The number of aliphatic hydroxyl groups is 1. The smallest absolute Gasteiger partial charge is 0.225 e. The number of carbonyl (C=O) groups is 1. The lowest BCUT2D eigenvalue weighted by Gasteiger charge is -2.31. The molecular formula is C12H19NO2. The van der Waals surface area contributed by atoms with Crippen LogP contribution in [0.1, 0.15) is 32.1 Å². The second-order valence-electron chi connectivity index (χ2n) is 5.48. The zero-order chi connectivity index (χ0) is 10.4. The summed E-state index contributed by atoms with van der Waals surface area (Å²) in [7, 11) is 0. The van der Waals surface area contributed by atoms with Crippen molar-refractivity contribution < 1.29 is 9.90 Å². The van der Waals surface area contributed by atoms with Crippen LogP contribution in [0.15, 0.2) is 0 Å². The quantitative estimate of drug-likeness (QED) is 0.700. The van der Waals surface area contributed by atoms with Crippen LogP contribution in [0.2, 0.25) is 0 Å². The van der Waals surface area contributed by atoms with Crippen molar-refractivity contribution in [3.8, 4) is 0 Å². The summed E-state index contributed by atoms with van der Waals surface area (Å²) in [5.74, 6) is 2.46. The molecule has 2 saturated carbocycles. The standard InChI is InChI=1S/C12H19NO2/c14-11-1-3-13(4-2-11)12(15)10-6-8-5-9(8)7-10/h8-11,14H,1-7H2. The number of fused-ring (bicyclic) bond motifs is 1. The maximum atomic E-state index is 12.1. The number of carbonyl (C=O) groups excluding carboxylic acids is 1. The molecule has 84 valence electrons. The third-order valence-corrected chi connectivity index (χ3v) is 4.37. The Morgan fingerprint density at radius 1 is 1.07 bits per heavy atom. The number of hydrogen-bond acceptors (Lipinski definition) is 2. The Hall–Kier alpha value is -0.570. The molecule has 3 fully saturated rings. The molecule has 0 aromatic rings. The van der Waals surface area contributed by atoms with Crippen LogP contribution in [0.25, 0.3) is 0 Å². The molecular weight excluding hydrogens is 190 g/mol. The average molecular weight is 209 g/mol. The van der Waals surface area contributed by atoms with E-state index in [1.54, 1.807) is 0 Å². The van der Waals surface area contributed by atoms with Crippen molar-refractivity contribution in [1.82, 2.24) is 4.90 Å². The van der Waals surface area contributed by atoms with E-state index < -0.39 is 0 Å². The van der Waals surface area contributed by atoms with Crippen molar-refractivity contribution in [2.24, 2.45) is 17.8 Å². The summed E-state index contributed by atoms with van der Waals surface area (Å²) in [5.41, 5.74) is 0. The molecule has 2 aliphatic carbocycles. The third kappa shape index (κ3) is 1.78. The third-order valence-electron chi connectivity index (χ3n) is 4.37. The first kappa shape index (κ1) is 9.64. The summed E-state index contributed by atoms with van der Waals surface area (Å²) in [6.45, 7) is 1.54. The molecule has 0 spiro atoms. The van der Waals surface area contributed by atoms with Gasteiger partial charge in [0.15, 0.2) is 0 Å². The number of piperidine rings is 1. The summed E-state index contributed by atoms with van der Waals surface area (Å²) >= 11 is 0. The van der Waals surface area contributed by atoms with Crippen molar-refractivity contribution in [1.29, 1.82) is 0 Å². The maximum Gasteiger partial charge on any atom is 0.225 e. The van der Waals surface area contributed by atoms with Gasteiger partial charge in [-0.1, -0.05) is 0 Å². The predicted molar refractivity (Wildman–Crippen MR) is 56.1 cm³/mol. The van der Waals surface area contributed by atoms with Crippen LogP contribution in [0.4, 0.5) is 0 Å². The Labute approximate surface area is 90.5 Å². The second-order valence-corrected chi connectivity index (χ2v) is 5.48. The summed E-state index contributed by atoms with van der Waals surface area (Å²) in [6, 6.07) is 0. The summed E-state index contributed by atoms with van der Waals surface area (Å²) in [6.07, 6.45) is 5.02. The van der Waals surface area contributed by atoms with Crippen molar-refractivity contribution in [2.75, 3.05) is 13.1 Å². The number of hydrogen-bond donors (Lipinski definition) is 1. The highest BCUT2D eigenvalue weighted by atomic mass is 16.3. The molecule has 2 atom stereocenters. The minimum Gasteiger partial charge on any atom is -0.393 e. The van der Waals surface area contributed by atoms with E-state index in [0.29, 0.717) is 11.8 Å². The van der Waals surface area contributed by atoms with Gasteiger partial charge >= 0.3 is 0 Å². The van der Waals surface area contributed by atoms with Gasteiger partial charge in [0, 0.05) is 19.0 Å². The fourth-order valence-corrected chi connectivity index (χ4v) is 3.26. The Balaban J connectivity index is 1.55. The van der Waals surface area contributed by atoms with Gasteiger partial charge in [-0.05, 0) is 43.9 Å². The molecule has 3 heteroatoms. The van der Waals surface area contributed by atoms with E-state index in [4.69, 9.17) is 0 Å². The van der Waals surface area contributed by atoms with Crippen LogP contribution in [-0.4, -0.2) is 35.1 Å². The summed E-state index contributed by atoms with van der Waals surface area (Å²) < 4.78 is 0. The first-order chi connectivity index (χ1) is 7.24. The summed E-state index contributed by atoms with van der Waals surface area (Å²) in [5, 5.41) is 9.39. The number of amides is 1. The van der Waals surface area contributed by atoms with Crippen LogP contribution >= 0.6 is 0 Å². The van der Waals surface area contributed by atoms with Gasteiger partial charge in [0.05, 0.1) is 6.10 Å². The van der Waals surface area contributed by atoms with E-state index in [-0.39, 0.29) is 6.10 Å². The van der Waals surface area contributed by atoms with E-state index >= 15 is 0 Å². The van der Waals surface area contributed by atoms with Crippen molar-refractivity contribution >= 4 is 5.91 Å². The van der Waals surface area contributed by atoms with Crippen LogP contribution in [-0.2, 0) is 4.79 Å². The van der Waals surface area contributed by atoms with Crippen molar-refractivity contribution in [3.63, 3.8) is 0 Å². The predicted octanol–water partition coefficient (Wildman–Crippen LogP) is 1.02. The number of likely N-dealkylation sites (tertiary alicyclic amines) is 1. The average Bonchev–Trinajstić information content (AvgIpc) is 2.86. The highest BCUT2D eigenvalue weighted by Gasteiger charge is 2.48. The van der Waals surface area contributed by atoms with E-state index in [9.17, 15) is 9.90 Å². The monoisotopic (exact) mass is 209 g/mol. The zero-order valence-corrected chi connectivity index (χ0v) is 9.06. The van der Waals surface area contributed by atoms with E-state index in [1.807, 2.05) is 4.90 Å². The first-order valence-corrected chi connectivity index (χ1v) is 6.21. The zero-order valence-electron chi connectivity index (χ0n) is 9.06. The van der Waals surface area contributed by atoms with Gasteiger partial charge in [0.2, 0.25) is 5.91 Å². The van der Waals surface area contributed by atoms with E-state index in [2.05, 4.69) is 0 Å². The molecule has 1 saturated heterocycles. The van der Waals surface area contributed by atoms with E-state index in [1.165, 1.54) is 6.42 Å². The lowest BCUT2D eigenvalue weighted by atomic mass is 9.99. The van der Waals surface area contributed by atoms with Gasteiger partial charge in [-0.15, -0.1) is 0 Å². The van der Waals surface area contributed by atoms with Crippen LogP contribution in [0.5, 0.6) is 0 Å². The first-order valence-electron chi connectivity index (χ1n) is 6.21. The van der Waals surface area contributed by atoms with Gasteiger partial charge < -0.3 is 10.0 Å². The highest BCUT2D eigenvalue weighted by molar-refractivity contribution is 5.79. The largest absolute Gasteiger partial charge is 0.393 e.